The summed E-state index contributed by atoms with van der Waals surface area (Å²) in [5, 5.41) is 10.4. The Morgan fingerprint density at radius 1 is 1.05 bits per heavy atom. The first-order chi connectivity index (χ1) is 10.7. The van der Waals surface area contributed by atoms with Gasteiger partial charge in [0.1, 0.15) is 17.6 Å². The van der Waals surface area contributed by atoms with E-state index in [9.17, 15) is 5.11 Å². The molecule has 0 saturated carbocycles. The van der Waals surface area contributed by atoms with Crippen molar-refractivity contribution in [2.24, 2.45) is 0 Å². The fourth-order valence-electron chi connectivity index (χ4n) is 2.87. The highest BCUT2D eigenvalue weighted by atomic mass is 16.7. The van der Waals surface area contributed by atoms with Crippen LogP contribution in [0.25, 0.3) is 0 Å². The fraction of sp³-hybridized carbons (Fsp3) is 0.294. The Hall–Kier alpha value is -2.40. The predicted octanol–water partition coefficient (Wildman–Crippen LogP) is 2.46. The number of methoxy groups -OCH3 is 1. The molecule has 2 unspecified atom stereocenters. The van der Waals surface area contributed by atoms with E-state index in [1.54, 1.807) is 7.11 Å². The van der Waals surface area contributed by atoms with Crippen LogP contribution in [-0.4, -0.2) is 25.1 Å². The van der Waals surface area contributed by atoms with Crippen LogP contribution in [0.3, 0.4) is 0 Å². The van der Waals surface area contributed by atoms with Crippen molar-refractivity contribution in [1.29, 1.82) is 0 Å². The minimum absolute atomic E-state index is 0.229. The van der Waals surface area contributed by atoms with Gasteiger partial charge in [-0.3, -0.25) is 0 Å². The van der Waals surface area contributed by atoms with Gasteiger partial charge in [-0.1, -0.05) is 12.1 Å². The van der Waals surface area contributed by atoms with Gasteiger partial charge in [-0.25, -0.2) is 0 Å². The second kappa shape index (κ2) is 5.10. The zero-order chi connectivity index (χ0) is 15.1. The summed E-state index contributed by atoms with van der Waals surface area (Å²) in [6.45, 7) is 0.229. The molecule has 2 atom stereocenters. The molecule has 1 N–H and O–H groups in total. The summed E-state index contributed by atoms with van der Waals surface area (Å²) in [5.41, 5.74) is 1.84. The van der Waals surface area contributed by atoms with E-state index in [2.05, 4.69) is 0 Å². The SMILES string of the molecule is COc1ccc2c(c1)OC(c1ccc3c(c1)OCO3)C(O)C2. The first-order valence-electron chi connectivity index (χ1n) is 7.16. The van der Waals surface area contributed by atoms with Gasteiger partial charge in [0.2, 0.25) is 6.79 Å². The third kappa shape index (κ3) is 2.14. The average Bonchev–Trinajstić information content (AvgIpc) is 3.01. The van der Waals surface area contributed by atoms with Crippen LogP contribution in [0.4, 0.5) is 0 Å². The van der Waals surface area contributed by atoms with Crippen LogP contribution in [0.15, 0.2) is 36.4 Å². The highest BCUT2D eigenvalue weighted by Gasteiger charge is 2.31. The standard InChI is InChI=1S/C17H16O5/c1-19-12-4-2-10-6-13(18)17(22-15(10)8-12)11-3-5-14-16(7-11)21-9-20-14/h2-5,7-8,13,17-18H,6,9H2,1H3. The molecule has 0 amide bonds. The van der Waals surface area contributed by atoms with Gasteiger partial charge in [-0.15, -0.1) is 0 Å². The number of aliphatic hydroxyl groups is 1. The third-order valence-corrected chi connectivity index (χ3v) is 4.03. The monoisotopic (exact) mass is 300 g/mol. The molecular weight excluding hydrogens is 284 g/mol. The summed E-state index contributed by atoms with van der Waals surface area (Å²) in [6, 6.07) is 11.2. The van der Waals surface area contributed by atoms with Gasteiger partial charge in [0, 0.05) is 12.5 Å². The number of hydrogen-bond acceptors (Lipinski definition) is 5. The normalized spacial score (nSPS) is 21.9. The molecular formula is C17H16O5. The minimum atomic E-state index is -0.610. The van der Waals surface area contributed by atoms with Crippen molar-refractivity contribution in [3.8, 4) is 23.0 Å². The molecule has 114 valence electrons. The molecule has 2 aliphatic heterocycles. The van der Waals surface area contributed by atoms with Crippen LogP contribution in [0.2, 0.25) is 0 Å². The van der Waals surface area contributed by atoms with Gasteiger partial charge in [0.25, 0.3) is 0 Å². The molecule has 4 rings (SSSR count). The first-order valence-corrected chi connectivity index (χ1v) is 7.16. The van der Waals surface area contributed by atoms with Crippen molar-refractivity contribution in [1.82, 2.24) is 0 Å². The molecule has 2 heterocycles. The Bertz CT molecular complexity index is 712. The minimum Gasteiger partial charge on any atom is -0.497 e. The summed E-state index contributed by atoms with van der Waals surface area (Å²) < 4.78 is 21.9. The summed E-state index contributed by atoms with van der Waals surface area (Å²) in [5.74, 6) is 2.88. The second-order valence-corrected chi connectivity index (χ2v) is 5.40. The fourth-order valence-corrected chi connectivity index (χ4v) is 2.87. The third-order valence-electron chi connectivity index (χ3n) is 4.03. The van der Waals surface area contributed by atoms with E-state index in [1.807, 2.05) is 36.4 Å². The number of ether oxygens (including phenoxy) is 4. The summed E-state index contributed by atoms with van der Waals surface area (Å²) in [7, 11) is 1.62. The van der Waals surface area contributed by atoms with Crippen molar-refractivity contribution in [2.75, 3.05) is 13.9 Å². The molecule has 0 aromatic heterocycles. The smallest absolute Gasteiger partial charge is 0.231 e. The molecule has 0 fully saturated rings. The van der Waals surface area contributed by atoms with Gasteiger partial charge in [-0.2, -0.15) is 0 Å². The van der Waals surface area contributed by atoms with Crippen LogP contribution < -0.4 is 18.9 Å². The number of aliphatic hydroxyl groups excluding tert-OH is 1. The first kappa shape index (κ1) is 13.3. The average molecular weight is 300 g/mol. The Balaban J connectivity index is 1.67. The van der Waals surface area contributed by atoms with Crippen LogP contribution in [-0.2, 0) is 6.42 Å². The lowest BCUT2D eigenvalue weighted by Crippen LogP contribution is -2.30. The molecule has 2 aromatic carbocycles. The van der Waals surface area contributed by atoms with E-state index >= 15 is 0 Å². The van der Waals surface area contributed by atoms with E-state index < -0.39 is 12.2 Å². The maximum absolute atomic E-state index is 10.4. The number of hydrogen-bond donors (Lipinski definition) is 1. The van der Waals surface area contributed by atoms with E-state index in [4.69, 9.17) is 18.9 Å². The van der Waals surface area contributed by atoms with E-state index in [1.165, 1.54) is 0 Å². The quantitative estimate of drug-likeness (QED) is 0.923. The highest BCUT2D eigenvalue weighted by Crippen LogP contribution is 2.40. The number of fused-ring (bicyclic) bond motifs is 2. The Labute approximate surface area is 128 Å². The second-order valence-electron chi connectivity index (χ2n) is 5.40. The molecule has 0 radical (unpaired) electrons. The zero-order valence-corrected chi connectivity index (χ0v) is 12.1. The maximum Gasteiger partial charge on any atom is 0.231 e. The van der Waals surface area contributed by atoms with Crippen molar-refractivity contribution in [3.05, 3.63) is 47.5 Å². The molecule has 22 heavy (non-hydrogen) atoms. The molecule has 0 saturated heterocycles. The van der Waals surface area contributed by atoms with Crippen LogP contribution >= 0.6 is 0 Å². The lowest BCUT2D eigenvalue weighted by molar-refractivity contribution is 0.0206. The molecule has 2 aromatic rings. The molecule has 5 nitrogen and oxygen atoms in total. The predicted molar refractivity (Wildman–Crippen MR) is 78.6 cm³/mol. The maximum atomic E-state index is 10.4. The van der Waals surface area contributed by atoms with Crippen molar-refractivity contribution >= 4 is 0 Å². The molecule has 5 heteroatoms. The number of rotatable bonds is 2. The van der Waals surface area contributed by atoms with Crippen LogP contribution in [0.1, 0.15) is 17.2 Å². The van der Waals surface area contributed by atoms with Gasteiger partial charge in [0.05, 0.1) is 13.2 Å². The Kier molecular flexibility index (Phi) is 3.08. The van der Waals surface area contributed by atoms with Crippen molar-refractivity contribution < 1.29 is 24.1 Å². The van der Waals surface area contributed by atoms with E-state index in [-0.39, 0.29) is 6.79 Å². The van der Waals surface area contributed by atoms with Crippen LogP contribution in [0, 0.1) is 0 Å². The Morgan fingerprint density at radius 3 is 2.77 bits per heavy atom. The topological polar surface area (TPSA) is 57.2 Å². The van der Waals surface area contributed by atoms with E-state index in [0.29, 0.717) is 12.2 Å². The highest BCUT2D eigenvalue weighted by molar-refractivity contribution is 5.47. The summed E-state index contributed by atoms with van der Waals surface area (Å²) >= 11 is 0. The zero-order valence-electron chi connectivity index (χ0n) is 12.1. The number of benzene rings is 2. The lowest BCUT2D eigenvalue weighted by atomic mass is 9.94. The van der Waals surface area contributed by atoms with Crippen LogP contribution in [0.5, 0.6) is 23.0 Å². The molecule has 0 aliphatic carbocycles. The lowest BCUT2D eigenvalue weighted by Gasteiger charge is -2.31. The van der Waals surface area contributed by atoms with E-state index in [0.717, 1.165) is 28.4 Å². The Morgan fingerprint density at radius 2 is 1.91 bits per heavy atom. The summed E-state index contributed by atoms with van der Waals surface area (Å²) in [4.78, 5) is 0. The van der Waals surface area contributed by atoms with Crippen molar-refractivity contribution in [3.63, 3.8) is 0 Å². The van der Waals surface area contributed by atoms with Gasteiger partial charge < -0.3 is 24.1 Å². The van der Waals surface area contributed by atoms with Gasteiger partial charge in [-0.05, 0) is 29.3 Å². The molecule has 0 bridgehead atoms. The van der Waals surface area contributed by atoms with Gasteiger partial charge in [0.15, 0.2) is 11.5 Å². The van der Waals surface area contributed by atoms with Gasteiger partial charge >= 0.3 is 0 Å². The largest absolute Gasteiger partial charge is 0.497 e. The molecule has 2 aliphatic rings. The summed E-state index contributed by atoms with van der Waals surface area (Å²) in [6.07, 6.45) is -0.506. The molecule has 0 spiro atoms. The van der Waals surface area contributed by atoms with Crippen molar-refractivity contribution in [2.45, 2.75) is 18.6 Å².